The Labute approximate surface area is 153 Å². The molecule has 1 aromatic heterocycles. The first-order valence-electron chi connectivity index (χ1n) is 9.00. The predicted molar refractivity (Wildman–Crippen MR) is 96.4 cm³/mol. The fourth-order valence-electron chi connectivity index (χ4n) is 3.26. The number of Topliss-reactive ketones (excluding diaryl/α,β-unsaturated/α-hetero) is 1. The molecule has 0 bridgehead atoms. The lowest BCUT2D eigenvalue weighted by Crippen LogP contribution is -2.48. The van der Waals surface area contributed by atoms with E-state index < -0.39 is 6.04 Å². The van der Waals surface area contributed by atoms with E-state index in [9.17, 15) is 9.59 Å². The van der Waals surface area contributed by atoms with E-state index in [1.54, 1.807) is 4.90 Å². The molecule has 1 atom stereocenters. The summed E-state index contributed by atoms with van der Waals surface area (Å²) >= 11 is 1.33. The minimum absolute atomic E-state index is 0.0205. The van der Waals surface area contributed by atoms with Crippen LogP contribution < -0.4 is 5.73 Å². The molecule has 1 aliphatic rings. The Kier molecular flexibility index (Phi) is 7.90. The lowest BCUT2D eigenvalue weighted by molar-refractivity contribution is -0.122. The molecule has 1 heterocycles. The van der Waals surface area contributed by atoms with Crippen LogP contribution in [-0.2, 0) is 4.79 Å². The number of hydrogen-bond acceptors (Lipinski definition) is 7. The molecule has 140 valence electrons. The standard InChI is InChI=1S/C17H28N4O3S/c1-12(2)10-14(21(11-22)13-6-4-3-5-7-13)15(23)16-19-20-17(24-16)25-9-8-18/h11-14H,3-10,18H2,1-2H3/t14-/m0/s1. The Morgan fingerprint density at radius 1 is 1.36 bits per heavy atom. The normalized spacial score (nSPS) is 16.8. The number of carbonyl (C=O) groups is 2. The van der Waals surface area contributed by atoms with Crippen molar-refractivity contribution in [3.8, 4) is 0 Å². The number of amides is 1. The van der Waals surface area contributed by atoms with Crippen LogP contribution in [0.25, 0.3) is 0 Å². The van der Waals surface area contributed by atoms with Crippen molar-refractivity contribution in [1.29, 1.82) is 0 Å². The highest BCUT2D eigenvalue weighted by Crippen LogP contribution is 2.27. The second-order valence-electron chi connectivity index (χ2n) is 6.86. The number of carbonyl (C=O) groups excluding carboxylic acids is 2. The van der Waals surface area contributed by atoms with Crippen LogP contribution in [0.2, 0.25) is 0 Å². The zero-order chi connectivity index (χ0) is 18.2. The Bertz CT molecular complexity index is 558. The number of nitrogens with zero attached hydrogens (tertiary/aromatic N) is 3. The van der Waals surface area contributed by atoms with Gasteiger partial charge in [-0.25, -0.2) is 0 Å². The van der Waals surface area contributed by atoms with Gasteiger partial charge in [-0.3, -0.25) is 9.59 Å². The Morgan fingerprint density at radius 3 is 2.68 bits per heavy atom. The topological polar surface area (TPSA) is 102 Å². The molecule has 1 saturated carbocycles. The molecular formula is C17H28N4O3S. The molecule has 1 fully saturated rings. The van der Waals surface area contributed by atoms with Crippen molar-refractivity contribution in [2.24, 2.45) is 11.7 Å². The van der Waals surface area contributed by atoms with Crippen LogP contribution in [0.4, 0.5) is 0 Å². The molecule has 25 heavy (non-hydrogen) atoms. The second-order valence-corrected chi connectivity index (χ2v) is 7.91. The van der Waals surface area contributed by atoms with Crippen molar-refractivity contribution in [1.82, 2.24) is 15.1 Å². The lowest BCUT2D eigenvalue weighted by Gasteiger charge is -2.36. The van der Waals surface area contributed by atoms with Gasteiger partial charge in [0.1, 0.15) is 6.04 Å². The molecule has 0 aromatic carbocycles. The minimum Gasteiger partial charge on any atom is -0.408 e. The maximum Gasteiger partial charge on any atom is 0.286 e. The number of aromatic nitrogens is 2. The summed E-state index contributed by atoms with van der Waals surface area (Å²) in [6, 6.07) is -0.429. The van der Waals surface area contributed by atoms with Crippen molar-refractivity contribution >= 4 is 24.0 Å². The van der Waals surface area contributed by atoms with Crippen LogP contribution in [0.1, 0.15) is 63.1 Å². The smallest absolute Gasteiger partial charge is 0.286 e. The third-order valence-electron chi connectivity index (χ3n) is 4.44. The molecule has 1 amide bonds. The second kappa shape index (κ2) is 9.91. The molecule has 0 spiro atoms. The van der Waals surface area contributed by atoms with Gasteiger partial charge in [-0.1, -0.05) is 44.9 Å². The summed E-state index contributed by atoms with van der Waals surface area (Å²) in [5.74, 6) is 0.633. The third kappa shape index (κ3) is 5.54. The number of thioether (sulfide) groups is 1. The van der Waals surface area contributed by atoms with Gasteiger partial charge in [0.05, 0.1) is 0 Å². The maximum absolute atomic E-state index is 13.0. The predicted octanol–water partition coefficient (Wildman–Crippen LogP) is 2.51. The maximum atomic E-state index is 13.0. The molecule has 0 unspecified atom stereocenters. The highest BCUT2D eigenvalue weighted by molar-refractivity contribution is 7.99. The van der Waals surface area contributed by atoms with Crippen molar-refractivity contribution in [2.45, 2.75) is 69.7 Å². The van der Waals surface area contributed by atoms with E-state index in [-0.39, 0.29) is 23.6 Å². The van der Waals surface area contributed by atoms with Gasteiger partial charge in [-0.2, -0.15) is 0 Å². The highest BCUT2D eigenvalue weighted by Gasteiger charge is 2.34. The molecule has 8 heteroatoms. The summed E-state index contributed by atoms with van der Waals surface area (Å²) in [6.07, 6.45) is 6.68. The quantitative estimate of drug-likeness (QED) is 0.384. The van der Waals surface area contributed by atoms with Gasteiger partial charge in [-0.15, -0.1) is 10.2 Å². The van der Waals surface area contributed by atoms with E-state index in [1.807, 2.05) is 13.8 Å². The third-order valence-corrected chi connectivity index (χ3v) is 5.29. The summed E-state index contributed by atoms with van der Waals surface area (Å²) in [7, 11) is 0. The van der Waals surface area contributed by atoms with Crippen LogP contribution in [-0.4, -0.2) is 51.7 Å². The lowest BCUT2D eigenvalue weighted by atomic mass is 9.91. The van der Waals surface area contributed by atoms with Crippen molar-refractivity contribution in [3.63, 3.8) is 0 Å². The van der Waals surface area contributed by atoms with E-state index in [0.717, 1.165) is 32.1 Å². The first-order chi connectivity index (χ1) is 12.1. The van der Waals surface area contributed by atoms with E-state index in [1.165, 1.54) is 18.2 Å². The van der Waals surface area contributed by atoms with Gasteiger partial charge in [0.25, 0.3) is 11.1 Å². The summed E-state index contributed by atoms with van der Waals surface area (Å²) in [5.41, 5.74) is 5.46. The largest absolute Gasteiger partial charge is 0.408 e. The van der Waals surface area contributed by atoms with Gasteiger partial charge in [0.15, 0.2) is 0 Å². The number of rotatable bonds is 10. The molecule has 0 radical (unpaired) electrons. The van der Waals surface area contributed by atoms with Gasteiger partial charge >= 0.3 is 0 Å². The summed E-state index contributed by atoms with van der Waals surface area (Å²) in [6.45, 7) is 4.58. The van der Waals surface area contributed by atoms with Crippen LogP contribution in [0.3, 0.4) is 0 Å². The van der Waals surface area contributed by atoms with Crippen LogP contribution in [0.15, 0.2) is 9.64 Å². The van der Waals surface area contributed by atoms with Crippen molar-refractivity contribution < 1.29 is 14.0 Å². The Hall–Kier alpha value is -1.41. The van der Waals surface area contributed by atoms with Crippen LogP contribution >= 0.6 is 11.8 Å². The van der Waals surface area contributed by atoms with Gasteiger partial charge in [0, 0.05) is 18.3 Å². The molecule has 0 aliphatic heterocycles. The van der Waals surface area contributed by atoms with Gasteiger partial charge in [-0.05, 0) is 25.2 Å². The van der Waals surface area contributed by atoms with Crippen molar-refractivity contribution in [3.05, 3.63) is 5.89 Å². The number of nitrogens with two attached hydrogens (primary N) is 1. The van der Waals surface area contributed by atoms with E-state index >= 15 is 0 Å². The first-order valence-corrected chi connectivity index (χ1v) is 9.98. The van der Waals surface area contributed by atoms with Crippen LogP contribution in [0.5, 0.6) is 0 Å². The highest BCUT2D eigenvalue weighted by atomic mass is 32.2. The average molecular weight is 369 g/mol. The van der Waals surface area contributed by atoms with Gasteiger partial charge < -0.3 is 15.1 Å². The zero-order valence-corrected chi connectivity index (χ0v) is 15.8. The van der Waals surface area contributed by atoms with E-state index in [2.05, 4.69) is 10.2 Å². The molecule has 1 aromatic rings. The monoisotopic (exact) mass is 368 g/mol. The Morgan fingerprint density at radius 2 is 2.08 bits per heavy atom. The molecule has 0 saturated heterocycles. The first kappa shape index (κ1) is 19.9. The Balaban J connectivity index is 2.17. The van der Waals surface area contributed by atoms with E-state index in [0.29, 0.717) is 23.9 Å². The molecule has 2 rings (SSSR count). The molecule has 1 aliphatic carbocycles. The summed E-state index contributed by atoms with van der Waals surface area (Å²) < 4.78 is 5.49. The number of hydrogen-bond donors (Lipinski definition) is 1. The molecular weight excluding hydrogens is 340 g/mol. The molecule has 2 N–H and O–H groups in total. The summed E-state index contributed by atoms with van der Waals surface area (Å²) in [4.78, 5) is 26.5. The van der Waals surface area contributed by atoms with Gasteiger partial charge in [0.2, 0.25) is 12.2 Å². The minimum atomic E-state index is -0.548. The van der Waals surface area contributed by atoms with Crippen molar-refractivity contribution in [2.75, 3.05) is 12.3 Å². The van der Waals surface area contributed by atoms with Crippen LogP contribution in [0, 0.1) is 5.92 Å². The summed E-state index contributed by atoms with van der Waals surface area (Å²) in [5, 5.41) is 8.13. The average Bonchev–Trinajstić information content (AvgIpc) is 3.08. The fraction of sp³-hybridized carbons (Fsp3) is 0.765. The zero-order valence-electron chi connectivity index (χ0n) is 15.0. The molecule has 7 nitrogen and oxygen atoms in total. The van der Waals surface area contributed by atoms with E-state index in [4.69, 9.17) is 10.2 Å². The fourth-order valence-corrected chi connectivity index (χ4v) is 3.79. The SMILES string of the molecule is CC(C)C[C@@H](C(=O)c1nnc(SCCN)o1)N(C=O)C1CCCCC1. The number of ketones is 1.